The Labute approximate surface area is 149 Å². The first-order chi connectivity index (χ1) is 11.8. The Bertz CT molecular complexity index is 628. The summed E-state index contributed by atoms with van der Waals surface area (Å²) in [5, 5.41) is 10.9. The maximum Gasteiger partial charge on any atom is 0.573 e. The highest BCUT2D eigenvalue weighted by atomic mass is 32.1. The van der Waals surface area contributed by atoms with Gasteiger partial charge < -0.3 is 10.1 Å². The third kappa shape index (κ3) is 5.56. The number of nitrogens with zero attached hydrogens (tertiary/aromatic N) is 1. The highest BCUT2D eigenvalue weighted by Gasteiger charge is 2.35. The number of ether oxygens (including phenoxy) is 1. The van der Waals surface area contributed by atoms with E-state index in [9.17, 15) is 18.0 Å². The van der Waals surface area contributed by atoms with Crippen LogP contribution in [-0.4, -0.2) is 18.8 Å². The van der Waals surface area contributed by atoms with Gasteiger partial charge in [0.15, 0.2) is 0 Å². The average Bonchev–Trinajstić information content (AvgIpc) is 2.58. The normalized spacial score (nSPS) is 21.9. The minimum Gasteiger partial charge on any atom is -0.406 e. The molecule has 0 saturated heterocycles. The molecule has 0 spiro atoms. The van der Waals surface area contributed by atoms with Crippen LogP contribution in [0.25, 0.3) is 0 Å². The predicted octanol–water partition coefficient (Wildman–Crippen LogP) is 4.00. The van der Waals surface area contributed by atoms with E-state index in [-0.39, 0.29) is 35.3 Å². The van der Waals surface area contributed by atoms with Crippen molar-refractivity contribution in [2.24, 2.45) is 11.8 Å². The fourth-order valence-corrected chi connectivity index (χ4v) is 3.76. The first-order valence-electron chi connectivity index (χ1n) is 8.00. The van der Waals surface area contributed by atoms with Gasteiger partial charge in [0.25, 0.3) is 0 Å². The van der Waals surface area contributed by atoms with Crippen molar-refractivity contribution in [3.8, 4) is 11.8 Å². The van der Waals surface area contributed by atoms with Crippen molar-refractivity contribution in [1.82, 2.24) is 5.32 Å². The Balaban J connectivity index is 2.09. The molecule has 0 aliphatic heterocycles. The number of hydrogen-bond donors (Lipinski definition) is 2. The van der Waals surface area contributed by atoms with Crippen LogP contribution in [0.1, 0.15) is 36.5 Å². The Kier molecular flexibility index (Phi) is 6.59. The molecule has 1 aliphatic rings. The molecule has 25 heavy (non-hydrogen) atoms. The molecule has 1 amide bonds. The molecule has 1 saturated carbocycles. The van der Waals surface area contributed by atoms with Crippen LogP contribution in [0.15, 0.2) is 24.3 Å². The molecule has 1 aromatic rings. The molecule has 1 N–H and O–H groups in total. The molecule has 4 nitrogen and oxygen atoms in total. The summed E-state index contributed by atoms with van der Waals surface area (Å²) in [7, 11) is 0. The van der Waals surface area contributed by atoms with Gasteiger partial charge in [0, 0.05) is 11.2 Å². The number of carbonyl (C=O) groups is 1. The van der Waals surface area contributed by atoms with Gasteiger partial charge in [-0.15, -0.1) is 13.2 Å². The molecule has 1 fully saturated rings. The molecule has 1 aliphatic carbocycles. The van der Waals surface area contributed by atoms with E-state index in [4.69, 9.17) is 5.26 Å². The third-order valence-corrected chi connectivity index (χ3v) is 5.04. The molecule has 3 atom stereocenters. The molecular formula is C17H19F3N2O2S. The van der Waals surface area contributed by atoms with E-state index in [0.717, 1.165) is 24.8 Å². The smallest absolute Gasteiger partial charge is 0.406 e. The Morgan fingerprint density at radius 2 is 1.96 bits per heavy atom. The van der Waals surface area contributed by atoms with E-state index in [1.54, 1.807) is 0 Å². The second-order valence-corrected chi connectivity index (χ2v) is 6.55. The van der Waals surface area contributed by atoms with Gasteiger partial charge in [-0.05, 0) is 36.5 Å². The van der Waals surface area contributed by atoms with Crippen molar-refractivity contribution >= 4 is 18.5 Å². The van der Waals surface area contributed by atoms with E-state index in [1.165, 1.54) is 24.3 Å². The number of nitrogens with one attached hydrogen (secondary N) is 1. The lowest BCUT2D eigenvalue weighted by Gasteiger charge is -2.34. The van der Waals surface area contributed by atoms with Crippen LogP contribution in [0.5, 0.6) is 5.75 Å². The summed E-state index contributed by atoms with van der Waals surface area (Å²) < 4.78 is 40.6. The summed E-state index contributed by atoms with van der Waals surface area (Å²) in [5.74, 6) is -0.744. The van der Waals surface area contributed by atoms with Crippen LogP contribution in [0.3, 0.4) is 0 Å². The fourth-order valence-electron chi connectivity index (χ4n) is 3.23. The van der Waals surface area contributed by atoms with Gasteiger partial charge in [-0.25, -0.2) is 0 Å². The van der Waals surface area contributed by atoms with Crippen molar-refractivity contribution in [2.75, 3.05) is 6.54 Å². The second kappa shape index (κ2) is 8.48. The summed E-state index contributed by atoms with van der Waals surface area (Å²) in [6.45, 7) is -0.0389. The van der Waals surface area contributed by atoms with Gasteiger partial charge in [-0.3, -0.25) is 4.79 Å². The lowest BCUT2D eigenvalue weighted by Crippen LogP contribution is -2.38. The van der Waals surface area contributed by atoms with Crippen LogP contribution in [0, 0.1) is 23.2 Å². The van der Waals surface area contributed by atoms with Gasteiger partial charge in [-0.2, -0.15) is 17.9 Å². The third-order valence-electron chi connectivity index (χ3n) is 4.36. The Morgan fingerprint density at radius 3 is 2.56 bits per heavy atom. The minimum absolute atomic E-state index is 0.0369. The lowest BCUT2D eigenvalue weighted by molar-refractivity contribution is -0.274. The van der Waals surface area contributed by atoms with Crippen LogP contribution in [0.4, 0.5) is 13.2 Å². The van der Waals surface area contributed by atoms with E-state index in [0.29, 0.717) is 6.42 Å². The molecule has 8 heteroatoms. The maximum atomic E-state index is 12.3. The highest BCUT2D eigenvalue weighted by Crippen LogP contribution is 2.42. The zero-order chi connectivity index (χ0) is 18.4. The molecule has 136 valence electrons. The fraction of sp³-hybridized carbons (Fsp3) is 0.529. The van der Waals surface area contributed by atoms with Gasteiger partial charge in [0.05, 0.1) is 6.07 Å². The monoisotopic (exact) mass is 372 g/mol. The summed E-state index contributed by atoms with van der Waals surface area (Å²) in [6.07, 6.45) is -1.30. The lowest BCUT2D eigenvalue weighted by atomic mass is 9.75. The number of thiol groups is 1. The number of alkyl halides is 3. The Morgan fingerprint density at radius 1 is 1.32 bits per heavy atom. The molecule has 1 aromatic carbocycles. The molecule has 0 radical (unpaired) electrons. The van der Waals surface area contributed by atoms with Crippen LogP contribution < -0.4 is 10.1 Å². The standard InChI is InChI=1S/C17H19F3N2O2S/c18-17(19,20)24-12-7-5-11(6-8-12)15(25)13-3-1-2-4-14(13)16(23)22-10-9-21/h5-8,13-15,25H,1-4,10H2,(H,22,23)/t13-,14-,15?/m0/s1. The summed E-state index contributed by atoms with van der Waals surface area (Å²) in [5.41, 5.74) is 0.739. The number of benzene rings is 1. The number of carbonyl (C=O) groups excluding carboxylic acids is 1. The number of nitriles is 1. The average molecular weight is 372 g/mol. The number of hydrogen-bond acceptors (Lipinski definition) is 4. The highest BCUT2D eigenvalue weighted by molar-refractivity contribution is 7.80. The maximum absolute atomic E-state index is 12.3. The largest absolute Gasteiger partial charge is 0.573 e. The molecule has 0 aromatic heterocycles. The minimum atomic E-state index is -4.73. The first-order valence-corrected chi connectivity index (χ1v) is 8.52. The van der Waals surface area contributed by atoms with Crippen LogP contribution in [0.2, 0.25) is 0 Å². The molecule has 2 rings (SSSR count). The number of amides is 1. The van der Waals surface area contributed by atoms with E-state index < -0.39 is 6.36 Å². The number of rotatable bonds is 5. The van der Waals surface area contributed by atoms with Crippen LogP contribution >= 0.6 is 12.6 Å². The summed E-state index contributed by atoms with van der Waals surface area (Å²) in [6, 6.07) is 7.46. The van der Waals surface area contributed by atoms with Gasteiger partial charge in [0.1, 0.15) is 12.3 Å². The predicted molar refractivity (Wildman–Crippen MR) is 88.9 cm³/mol. The van der Waals surface area contributed by atoms with E-state index in [2.05, 4.69) is 22.7 Å². The zero-order valence-corrected chi connectivity index (χ0v) is 14.3. The SMILES string of the molecule is N#CCNC(=O)[C@H]1CCCC[C@@H]1C(S)c1ccc(OC(F)(F)F)cc1. The zero-order valence-electron chi connectivity index (χ0n) is 13.4. The van der Waals surface area contributed by atoms with Gasteiger partial charge >= 0.3 is 6.36 Å². The van der Waals surface area contributed by atoms with Crippen molar-refractivity contribution in [2.45, 2.75) is 37.3 Å². The summed E-state index contributed by atoms with van der Waals surface area (Å²) in [4.78, 5) is 12.3. The van der Waals surface area contributed by atoms with Crippen LogP contribution in [-0.2, 0) is 4.79 Å². The van der Waals surface area contributed by atoms with Crippen molar-refractivity contribution in [3.05, 3.63) is 29.8 Å². The first kappa shape index (κ1) is 19.4. The quantitative estimate of drug-likeness (QED) is 0.607. The van der Waals surface area contributed by atoms with Gasteiger partial charge in [0.2, 0.25) is 5.91 Å². The molecule has 1 unspecified atom stereocenters. The van der Waals surface area contributed by atoms with E-state index in [1.807, 2.05) is 6.07 Å². The van der Waals surface area contributed by atoms with E-state index >= 15 is 0 Å². The molecular weight excluding hydrogens is 353 g/mol. The topological polar surface area (TPSA) is 62.1 Å². The Hall–Kier alpha value is -1.88. The summed E-state index contributed by atoms with van der Waals surface area (Å²) >= 11 is 4.62. The molecule has 0 bridgehead atoms. The molecule has 0 heterocycles. The van der Waals surface area contributed by atoms with Gasteiger partial charge in [-0.1, -0.05) is 25.0 Å². The van der Waals surface area contributed by atoms with Crippen molar-refractivity contribution < 1.29 is 22.7 Å². The van der Waals surface area contributed by atoms with Crippen molar-refractivity contribution in [3.63, 3.8) is 0 Å². The second-order valence-electron chi connectivity index (χ2n) is 5.99. The number of halogens is 3. The van der Waals surface area contributed by atoms with Crippen molar-refractivity contribution in [1.29, 1.82) is 5.26 Å².